The third-order valence-electron chi connectivity index (χ3n) is 8.65. The highest BCUT2D eigenvalue weighted by atomic mass is 16.6. The van der Waals surface area contributed by atoms with Crippen LogP contribution in [0, 0.1) is 34.8 Å². The Morgan fingerprint density at radius 3 is 2.42 bits per heavy atom. The molecule has 2 amide bonds. The van der Waals surface area contributed by atoms with Gasteiger partial charge in [-0.2, -0.15) is 0 Å². The minimum absolute atomic E-state index is 0.0325. The number of aryl methyl sites for hydroxylation is 1. The number of para-hydroxylation sites is 2. The second-order valence-corrected chi connectivity index (χ2v) is 11.1. The maximum Gasteiger partial charge on any atom is 0.269 e. The van der Waals surface area contributed by atoms with Gasteiger partial charge in [-0.05, 0) is 42.7 Å². The Morgan fingerprint density at radius 2 is 1.70 bits per heavy atom. The normalized spacial score (nSPS) is 24.7. The molecule has 10 heteroatoms. The number of imide groups is 1. The van der Waals surface area contributed by atoms with Gasteiger partial charge >= 0.3 is 0 Å². The predicted molar refractivity (Wildman–Crippen MR) is 147 cm³/mol. The number of hydrogen-bond donors (Lipinski definition) is 1. The number of nitrogens with zero attached hydrogens (tertiary/aromatic N) is 4. The Bertz CT molecular complexity index is 1860. The number of rotatable bonds is 3. The molecule has 7 rings (SSSR count). The average molecular weight is 536 g/mol. The maximum atomic E-state index is 14.5. The summed E-state index contributed by atoms with van der Waals surface area (Å²) in [6.07, 6.45) is 0. The molecule has 10 nitrogen and oxygen atoms in total. The molecule has 2 saturated heterocycles. The summed E-state index contributed by atoms with van der Waals surface area (Å²) >= 11 is 0. The second kappa shape index (κ2) is 8.15. The number of non-ortho nitro benzene ring substituents is 1. The number of benzene rings is 3. The highest BCUT2D eigenvalue weighted by Gasteiger charge is 2.70. The Hall–Kier alpha value is -4.70. The Kier molecular flexibility index (Phi) is 4.96. The van der Waals surface area contributed by atoms with Gasteiger partial charge in [-0.3, -0.25) is 34.4 Å². The van der Waals surface area contributed by atoms with Crippen molar-refractivity contribution in [1.29, 1.82) is 0 Å². The summed E-state index contributed by atoms with van der Waals surface area (Å²) in [6.45, 7) is 5.64. The van der Waals surface area contributed by atoms with Crippen LogP contribution >= 0.6 is 0 Å². The van der Waals surface area contributed by atoms with E-state index in [1.165, 1.54) is 23.1 Å². The van der Waals surface area contributed by atoms with Crippen LogP contribution in [0.15, 0.2) is 71.5 Å². The molecule has 1 spiro atoms. The van der Waals surface area contributed by atoms with E-state index in [1.54, 1.807) is 29.7 Å². The first-order chi connectivity index (χ1) is 19.2. The van der Waals surface area contributed by atoms with Gasteiger partial charge in [0.1, 0.15) is 11.4 Å². The van der Waals surface area contributed by atoms with E-state index in [-0.39, 0.29) is 23.1 Å². The van der Waals surface area contributed by atoms with Crippen molar-refractivity contribution in [2.75, 3.05) is 4.90 Å². The first kappa shape index (κ1) is 24.3. The summed E-state index contributed by atoms with van der Waals surface area (Å²) in [6, 6.07) is 18.3. The zero-order valence-electron chi connectivity index (χ0n) is 22.0. The van der Waals surface area contributed by atoms with Gasteiger partial charge < -0.3 is 0 Å². The standard InChI is InChI=1S/C30H25N5O5/c1-15(2)25-23-24(28(38)33(27(23)37)21-13-12-17(35(39)40)14-16(21)3)30(32-25)19-9-5-7-11-22(19)34-26(36)18-8-4-6-10-20(18)31-29(30)34/h4-15,23-25,32H,1-3H3/t23-,24-,25?,30?/m1/s1. The lowest BCUT2D eigenvalue weighted by molar-refractivity contribution is -0.384. The van der Waals surface area contributed by atoms with Gasteiger partial charge in [0.2, 0.25) is 11.8 Å². The Morgan fingerprint density at radius 1 is 0.975 bits per heavy atom. The van der Waals surface area contributed by atoms with Crippen LogP contribution < -0.4 is 15.8 Å². The molecule has 2 unspecified atom stereocenters. The fourth-order valence-corrected chi connectivity index (χ4v) is 6.97. The van der Waals surface area contributed by atoms with Crippen LogP contribution in [-0.4, -0.2) is 32.3 Å². The van der Waals surface area contributed by atoms with Gasteiger partial charge in [0.25, 0.3) is 11.2 Å². The predicted octanol–water partition coefficient (Wildman–Crippen LogP) is 3.59. The van der Waals surface area contributed by atoms with Crippen LogP contribution in [0.4, 0.5) is 11.4 Å². The minimum atomic E-state index is -1.23. The van der Waals surface area contributed by atoms with E-state index in [2.05, 4.69) is 5.32 Å². The summed E-state index contributed by atoms with van der Waals surface area (Å²) < 4.78 is 1.57. The smallest absolute Gasteiger partial charge is 0.269 e. The van der Waals surface area contributed by atoms with E-state index in [0.717, 1.165) is 5.56 Å². The van der Waals surface area contributed by atoms with Crippen molar-refractivity contribution < 1.29 is 14.5 Å². The largest absolute Gasteiger partial charge is 0.296 e. The molecule has 3 aromatic carbocycles. The molecule has 4 aromatic rings. The van der Waals surface area contributed by atoms with Gasteiger partial charge in [0.05, 0.1) is 39.0 Å². The van der Waals surface area contributed by atoms with Crippen LogP contribution in [-0.2, 0) is 15.1 Å². The Labute approximate surface area is 228 Å². The Balaban J connectivity index is 1.50. The third kappa shape index (κ3) is 2.91. The first-order valence-electron chi connectivity index (χ1n) is 13.2. The van der Waals surface area contributed by atoms with Crippen LogP contribution in [0.3, 0.4) is 0 Å². The lowest BCUT2D eigenvalue weighted by atomic mass is 9.75. The first-order valence-corrected chi connectivity index (χ1v) is 13.2. The number of anilines is 1. The molecule has 3 aliphatic rings. The fourth-order valence-electron chi connectivity index (χ4n) is 6.97. The van der Waals surface area contributed by atoms with E-state index < -0.39 is 34.2 Å². The van der Waals surface area contributed by atoms with Crippen molar-refractivity contribution in [2.24, 2.45) is 17.8 Å². The quantitative estimate of drug-likeness (QED) is 0.241. The molecule has 0 aliphatic carbocycles. The third-order valence-corrected chi connectivity index (χ3v) is 8.65. The summed E-state index contributed by atoms with van der Waals surface area (Å²) in [5, 5.41) is 15.5. The maximum absolute atomic E-state index is 14.5. The summed E-state index contributed by atoms with van der Waals surface area (Å²) in [4.78, 5) is 59.5. The summed E-state index contributed by atoms with van der Waals surface area (Å²) in [7, 11) is 0. The monoisotopic (exact) mass is 535 g/mol. The number of hydrogen-bond acceptors (Lipinski definition) is 7. The van der Waals surface area contributed by atoms with Crippen LogP contribution in [0.25, 0.3) is 16.6 Å². The van der Waals surface area contributed by atoms with Crippen molar-refractivity contribution in [3.63, 3.8) is 0 Å². The highest BCUT2D eigenvalue weighted by Crippen LogP contribution is 2.56. The van der Waals surface area contributed by atoms with Crippen molar-refractivity contribution in [1.82, 2.24) is 14.9 Å². The van der Waals surface area contributed by atoms with Crippen molar-refractivity contribution in [2.45, 2.75) is 32.4 Å². The van der Waals surface area contributed by atoms with E-state index in [1.807, 2.05) is 44.2 Å². The molecule has 4 heterocycles. The molecule has 0 saturated carbocycles. The lowest BCUT2D eigenvalue weighted by Gasteiger charge is -2.32. The van der Waals surface area contributed by atoms with Crippen LogP contribution in [0.1, 0.15) is 30.8 Å². The molecule has 0 bridgehead atoms. The number of carbonyl (C=O) groups excluding carboxylic acids is 2. The number of amides is 2. The fraction of sp³-hybridized carbons (Fsp3) is 0.267. The van der Waals surface area contributed by atoms with Gasteiger partial charge in [-0.25, -0.2) is 9.88 Å². The number of nitrogens with one attached hydrogen (secondary N) is 1. The van der Waals surface area contributed by atoms with Gasteiger partial charge in [0.15, 0.2) is 0 Å². The van der Waals surface area contributed by atoms with Crippen molar-refractivity contribution >= 4 is 34.1 Å². The second-order valence-electron chi connectivity index (χ2n) is 11.1. The van der Waals surface area contributed by atoms with E-state index in [9.17, 15) is 24.5 Å². The molecule has 0 radical (unpaired) electrons. The molecule has 3 aliphatic heterocycles. The number of nitro benzene ring substituents is 1. The van der Waals surface area contributed by atoms with E-state index in [0.29, 0.717) is 33.7 Å². The number of carbonyl (C=O) groups is 2. The molecule has 4 atom stereocenters. The van der Waals surface area contributed by atoms with Crippen molar-refractivity contribution in [3.8, 4) is 5.69 Å². The molecule has 1 N–H and O–H groups in total. The molecule has 2 fully saturated rings. The lowest BCUT2D eigenvalue weighted by Crippen LogP contribution is -2.51. The minimum Gasteiger partial charge on any atom is -0.296 e. The average Bonchev–Trinajstić information content (AvgIpc) is 3.53. The van der Waals surface area contributed by atoms with Crippen LogP contribution in [0.2, 0.25) is 0 Å². The number of nitro groups is 1. The number of fused-ring (bicyclic) bond motifs is 8. The molecular formula is C30H25N5O5. The van der Waals surface area contributed by atoms with E-state index in [4.69, 9.17) is 4.98 Å². The van der Waals surface area contributed by atoms with Crippen molar-refractivity contribution in [3.05, 3.63) is 104 Å². The molecule has 200 valence electrons. The molecule has 40 heavy (non-hydrogen) atoms. The zero-order valence-corrected chi connectivity index (χ0v) is 22.0. The summed E-state index contributed by atoms with van der Waals surface area (Å²) in [5.74, 6) is -2.05. The van der Waals surface area contributed by atoms with Crippen LogP contribution in [0.5, 0.6) is 0 Å². The molecular weight excluding hydrogens is 510 g/mol. The van der Waals surface area contributed by atoms with Gasteiger partial charge in [0, 0.05) is 23.7 Å². The topological polar surface area (TPSA) is 127 Å². The summed E-state index contributed by atoms with van der Waals surface area (Å²) in [5.41, 5.74) is 1.05. The van der Waals surface area contributed by atoms with E-state index >= 15 is 0 Å². The van der Waals surface area contributed by atoms with Gasteiger partial charge in [-0.15, -0.1) is 0 Å². The number of aromatic nitrogens is 2. The van der Waals surface area contributed by atoms with Gasteiger partial charge in [-0.1, -0.05) is 44.2 Å². The molecule has 1 aromatic heterocycles. The highest BCUT2D eigenvalue weighted by molar-refractivity contribution is 6.23. The SMILES string of the molecule is Cc1cc([N+](=O)[O-])ccc1N1C(=O)[C@H]2C(C(C)C)NC3(c4ccccc4-n4c3nc3ccccc3c4=O)[C@H]2C1=O. The zero-order chi connectivity index (χ0) is 28.1.